The number of carbonyl (C=O) groups excluding carboxylic acids is 2. The Balaban J connectivity index is 1.78. The number of halogens is 1. The van der Waals surface area contributed by atoms with E-state index >= 15 is 0 Å². The lowest BCUT2D eigenvalue weighted by Crippen LogP contribution is -2.35. The van der Waals surface area contributed by atoms with E-state index < -0.39 is 5.91 Å². The van der Waals surface area contributed by atoms with Crippen LogP contribution in [0.4, 0.5) is 5.69 Å². The quantitative estimate of drug-likeness (QED) is 0.695. The molecule has 0 bridgehead atoms. The molecule has 0 radical (unpaired) electrons. The molecule has 1 aliphatic rings. The molecule has 0 aliphatic carbocycles. The molecule has 1 saturated heterocycles. The van der Waals surface area contributed by atoms with Gasteiger partial charge >= 0.3 is 0 Å². The molecule has 0 unspecified atom stereocenters. The van der Waals surface area contributed by atoms with Crippen LogP contribution in [0.2, 0.25) is 5.02 Å². The summed E-state index contributed by atoms with van der Waals surface area (Å²) < 4.78 is 0. The highest BCUT2D eigenvalue weighted by Gasteiger charge is 2.33. The third-order valence-electron chi connectivity index (χ3n) is 3.33. The van der Waals surface area contributed by atoms with Gasteiger partial charge in [0.15, 0.2) is 0 Å². The summed E-state index contributed by atoms with van der Waals surface area (Å²) in [7, 11) is 0. The zero-order valence-electron chi connectivity index (χ0n) is 12.1. The number of nitrogens with one attached hydrogen (secondary N) is 1. The van der Waals surface area contributed by atoms with Gasteiger partial charge in [0, 0.05) is 5.02 Å². The number of nitrogens with zero attached hydrogens (tertiary/aromatic N) is 1. The Kier molecular flexibility index (Phi) is 4.26. The fourth-order valence-corrected chi connectivity index (χ4v) is 2.29. The van der Waals surface area contributed by atoms with Gasteiger partial charge < -0.3 is 0 Å². The average Bonchev–Trinajstić information content (AvgIpc) is 2.85. The number of hydrogen-bond acceptors (Lipinski definition) is 2. The van der Waals surface area contributed by atoms with E-state index in [4.69, 9.17) is 11.6 Å². The first kappa shape index (κ1) is 15.1. The molecule has 3 rings (SSSR count). The van der Waals surface area contributed by atoms with Crippen molar-refractivity contribution < 1.29 is 9.59 Å². The van der Waals surface area contributed by atoms with Crippen molar-refractivity contribution in [1.82, 2.24) is 5.43 Å². The number of allylic oxidation sites excluding steroid dienone is 2. The lowest BCUT2D eigenvalue weighted by Gasteiger charge is -2.13. The van der Waals surface area contributed by atoms with Crippen molar-refractivity contribution in [2.75, 3.05) is 5.01 Å². The van der Waals surface area contributed by atoms with Gasteiger partial charge in [0.2, 0.25) is 0 Å². The molecular weight excluding hydrogens is 312 g/mol. The molecular formula is C18H13ClN2O2. The van der Waals surface area contributed by atoms with E-state index in [1.807, 2.05) is 18.2 Å². The Hall–Kier alpha value is -2.85. The summed E-state index contributed by atoms with van der Waals surface area (Å²) in [4.78, 5) is 24.3. The Morgan fingerprint density at radius 2 is 1.65 bits per heavy atom. The Bertz CT molecular complexity index is 796. The van der Waals surface area contributed by atoms with Gasteiger partial charge in [-0.25, -0.2) is 5.01 Å². The van der Waals surface area contributed by atoms with Gasteiger partial charge in [-0.05, 0) is 35.9 Å². The van der Waals surface area contributed by atoms with E-state index in [9.17, 15) is 9.59 Å². The molecule has 0 atom stereocenters. The summed E-state index contributed by atoms with van der Waals surface area (Å²) in [5.74, 6) is -0.790. The lowest BCUT2D eigenvalue weighted by atomic mass is 10.2. The number of para-hydroxylation sites is 1. The van der Waals surface area contributed by atoms with Crippen LogP contribution in [0.5, 0.6) is 0 Å². The first-order chi connectivity index (χ1) is 11.1. The highest BCUT2D eigenvalue weighted by molar-refractivity contribution is 6.30. The molecule has 4 nitrogen and oxygen atoms in total. The molecule has 1 aliphatic heterocycles. The summed E-state index contributed by atoms with van der Waals surface area (Å²) in [6, 6.07) is 16.2. The van der Waals surface area contributed by atoms with Gasteiger partial charge in [0.05, 0.1) is 5.69 Å². The molecule has 1 fully saturated rings. The van der Waals surface area contributed by atoms with Gasteiger partial charge in [0.25, 0.3) is 11.8 Å². The molecule has 1 heterocycles. The van der Waals surface area contributed by atoms with Crippen LogP contribution in [-0.4, -0.2) is 11.8 Å². The molecule has 0 spiro atoms. The number of hydrazine groups is 1. The number of rotatable bonds is 3. The van der Waals surface area contributed by atoms with Crippen molar-refractivity contribution >= 4 is 35.2 Å². The minimum absolute atomic E-state index is 0.0964. The number of carbonyl (C=O) groups is 2. The van der Waals surface area contributed by atoms with Crippen molar-refractivity contribution in [3.63, 3.8) is 0 Å². The Morgan fingerprint density at radius 1 is 0.957 bits per heavy atom. The van der Waals surface area contributed by atoms with E-state index in [-0.39, 0.29) is 11.5 Å². The number of anilines is 1. The van der Waals surface area contributed by atoms with Gasteiger partial charge in [-0.3, -0.25) is 15.0 Å². The Labute approximate surface area is 138 Å². The third-order valence-corrected chi connectivity index (χ3v) is 3.58. The van der Waals surface area contributed by atoms with Crippen LogP contribution < -0.4 is 10.4 Å². The number of hydrogen-bond donors (Lipinski definition) is 1. The zero-order chi connectivity index (χ0) is 16.2. The van der Waals surface area contributed by atoms with Crippen molar-refractivity contribution in [2.45, 2.75) is 0 Å². The molecule has 114 valence electrons. The second kappa shape index (κ2) is 6.50. The minimum atomic E-state index is -0.417. The maximum Gasteiger partial charge on any atom is 0.282 e. The smallest absolute Gasteiger partial charge is 0.267 e. The topological polar surface area (TPSA) is 49.4 Å². The van der Waals surface area contributed by atoms with E-state index in [1.165, 1.54) is 11.1 Å². The predicted octanol–water partition coefficient (Wildman–Crippen LogP) is 3.36. The maximum absolute atomic E-state index is 12.3. The fraction of sp³-hybridized carbons (Fsp3) is 0. The van der Waals surface area contributed by atoms with E-state index in [1.54, 1.807) is 48.6 Å². The first-order valence-electron chi connectivity index (χ1n) is 6.99. The largest absolute Gasteiger partial charge is 0.282 e. The number of benzene rings is 2. The van der Waals surface area contributed by atoms with Crippen LogP contribution in [0, 0.1) is 0 Å². The van der Waals surface area contributed by atoms with Crippen LogP contribution in [0.25, 0.3) is 6.08 Å². The normalized spacial score (nSPS) is 16.4. The summed E-state index contributed by atoms with van der Waals surface area (Å²) in [5, 5.41) is 1.90. The molecule has 23 heavy (non-hydrogen) atoms. The van der Waals surface area contributed by atoms with Crippen molar-refractivity contribution in [2.24, 2.45) is 0 Å². The second-order valence-electron chi connectivity index (χ2n) is 4.91. The van der Waals surface area contributed by atoms with E-state index in [2.05, 4.69) is 5.43 Å². The van der Waals surface area contributed by atoms with Crippen molar-refractivity contribution in [3.8, 4) is 0 Å². The second-order valence-corrected chi connectivity index (χ2v) is 5.34. The molecule has 5 heteroatoms. The molecule has 2 aromatic rings. The zero-order valence-corrected chi connectivity index (χ0v) is 12.8. The van der Waals surface area contributed by atoms with Gasteiger partial charge in [0.1, 0.15) is 5.57 Å². The van der Waals surface area contributed by atoms with Gasteiger partial charge in [-0.1, -0.05) is 54.1 Å². The SMILES string of the molecule is O=C1NN(c2ccccc2)C(=O)C1=CC=Cc1ccc(Cl)cc1. The highest BCUT2D eigenvalue weighted by Crippen LogP contribution is 2.19. The Morgan fingerprint density at radius 3 is 2.35 bits per heavy atom. The lowest BCUT2D eigenvalue weighted by molar-refractivity contribution is -0.117. The van der Waals surface area contributed by atoms with Crippen molar-refractivity contribution in [1.29, 1.82) is 0 Å². The van der Waals surface area contributed by atoms with Crippen LogP contribution in [0.1, 0.15) is 5.56 Å². The molecule has 2 amide bonds. The predicted molar refractivity (Wildman–Crippen MR) is 90.6 cm³/mol. The van der Waals surface area contributed by atoms with Crippen LogP contribution in [0.15, 0.2) is 72.3 Å². The first-order valence-corrected chi connectivity index (χ1v) is 7.37. The highest BCUT2D eigenvalue weighted by atomic mass is 35.5. The van der Waals surface area contributed by atoms with Gasteiger partial charge in [-0.2, -0.15) is 0 Å². The number of amides is 2. The van der Waals surface area contributed by atoms with E-state index in [0.29, 0.717) is 10.7 Å². The third kappa shape index (κ3) is 3.33. The van der Waals surface area contributed by atoms with Crippen LogP contribution in [-0.2, 0) is 9.59 Å². The summed E-state index contributed by atoms with van der Waals surface area (Å²) >= 11 is 5.82. The molecule has 0 aromatic heterocycles. The molecule has 0 saturated carbocycles. The maximum atomic E-state index is 12.3. The monoisotopic (exact) mass is 324 g/mol. The summed E-state index contributed by atoms with van der Waals surface area (Å²) in [6.45, 7) is 0. The summed E-state index contributed by atoms with van der Waals surface area (Å²) in [5.41, 5.74) is 4.20. The summed E-state index contributed by atoms with van der Waals surface area (Å²) in [6.07, 6.45) is 4.98. The van der Waals surface area contributed by atoms with Crippen LogP contribution >= 0.6 is 11.6 Å². The average molecular weight is 325 g/mol. The van der Waals surface area contributed by atoms with Crippen molar-refractivity contribution in [3.05, 3.63) is 82.9 Å². The molecule has 2 aromatic carbocycles. The molecule has 1 N–H and O–H groups in total. The van der Waals surface area contributed by atoms with E-state index in [0.717, 1.165) is 5.56 Å². The van der Waals surface area contributed by atoms with Gasteiger partial charge in [-0.15, -0.1) is 0 Å². The fourth-order valence-electron chi connectivity index (χ4n) is 2.17. The standard InChI is InChI=1S/C18H13ClN2O2/c19-14-11-9-13(10-12-14)5-4-8-16-17(22)20-21(18(16)23)15-6-2-1-3-7-15/h1-12H,(H,20,22). The minimum Gasteiger partial charge on any atom is -0.267 e. The van der Waals surface area contributed by atoms with Crippen LogP contribution in [0.3, 0.4) is 0 Å².